The third-order valence-electron chi connectivity index (χ3n) is 5.04. The molecule has 0 aliphatic carbocycles. The molecule has 2 heteroatoms. The third-order valence-corrected chi connectivity index (χ3v) is 5.04. The van der Waals surface area contributed by atoms with E-state index in [1.54, 1.807) is 22.4 Å². The van der Waals surface area contributed by atoms with Gasteiger partial charge in [0.25, 0.3) is 0 Å². The summed E-state index contributed by atoms with van der Waals surface area (Å²) in [7, 11) is 0. The summed E-state index contributed by atoms with van der Waals surface area (Å²) >= 11 is 0. The van der Waals surface area contributed by atoms with Gasteiger partial charge in [0.2, 0.25) is 0 Å². The molecule has 2 nitrogen and oxygen atoms in total. The molecule has 0 spiro atoms. The van der Waals surface area contributed by atoms with Crippen LogP contribution >= 0.6 is 0 Å². The summed E-state index contributed by atoms with van der Waals surface area (Å²) in [5.41, 5.74) is 6.46. The fraction of sp³-hybridized carbons (Fsp3) is 0.647. The van der Waals surface area contributed by atoms with Gasteiger partial charge in [0, 0.05) is 24.8 Å². The van der Waals surface area contributed by atoms with Gasteiger partial charge in [-0.25, -0.2) is 0 Å². The molecule has 1 fully saturated rings. The van der Waals surface area contributed by atoms with E-state index in [9.17, 15) is 0 Å². The summed E-state index contributed by atoms with van der Waals surface area (Å²) in [5.74, 6) is 0. The van der Waals surface area contributed by atoms with Crippen molar-refractivity contribution in [3.63, 3.8) is 0 Å². The molecule has 0 radical (unpaired) electrons. The fourth-order valence-electron chi connectivity index (χ4n) is 4.21. The lowest BCUT2D eigenvalue weighted by molar-refractivity contribution is 0.597. The smallest absolute Gasteiger partial charge is 0.0431 e. The molecule has 3 heterocycles. The largest absolute Gasteiger partial charge is 0.371 e. The molecule has 4 rings (SSSR count). The summed E-state index contributed by atoms with van der Waals surface area (Å²) in [6.07, 6.45) is 9.24. The van der Waals surface area contributed by atoms with Gasteiger partial charge in [-0.05, 0) is 68.2 Å². The first-order valence-electron chi connectivity index (χ1n) is 8.03. The Morgan fingerprint density at radius 3 is 2.42 bits per heavy atom. The Hall–Kier alpha value is -1.02. The molecular formula is C17H24N2. The molecular weight excluding hydrogens is 232 g/mol. The first kappa shape index (κ1) is 11.8. The van der Waals surface area contributed by atoms with Crippen molar-refractivity contribution in [1.82, 2.24) is 5.32 Å². The van der Waals surface area contributed by atoms with Gasteiger partial charge in [0.15, 0.2) is 0 Å². The minimum atomic E-state index is 0.730. The Labute approximate surface area is 116 Å². The van der Waals surface area contributed by atoms with E-state index in [1.165, 1.54) is 64.6 Å². The highest BCUT2D eigenvalue weighted by Crippen LogP contribution is 2.36. The maximum absolute atomic E-state index is 3.63. The minimum Gasteiger partial charge on any atom is -0.371 e. The quantitative estimate of drug-likeness (QED) is 0.875. The van der Waals surface area contributed by atoms with E-state index in [1.807, 2.05) is 0 Å². The van der Waals surface area contributed by atoms with Crippen LogP contribution in [-0.4, -0.2) is 25.7 Å². The average molecular weight is 256 g/mol. The van der Waals surface area contributed by atoms with E-state index in [4.69, 9.17) is 0 Å². The molecule has 102 valence electrons. The van der Waals surface area contributed by atoms with Crippen LogP contribution in [-0.2, 0) is 19.3 Å². The first-order valence-corrected chi connectivity index (χ1v) is 8.03. The van der Waals surface area contributed by atoms with Crippen molar-refractivity contribution in [2.75, 3.05) is 24.5 Å². The number of rotatable bonds is 2. The number of hydrogen-bond donors (Lipinski definition) is 1. The lowest BCUT2D eigenvalue weighted by atomic mass is 9.88. The second kappa shape index (κ2) is 4.82. The van der Waals surface area contributed by atoms with Gasteiger partial charge >= 0.3 is 0 Å². The van der Waals surface area contributed by atoms with Gasteiger partial charge in [-0.2, -0.15) is 0 Å². The highest BCUT2D eigenvalue weighted by Gasteiger charge is 2.24. The predicted octanol–water partition coefficient (Wildman–Crippen LogP) is 2.68. The standard InChI is InChI=1S/C17H24N2/c1-6-16(18-7-1)12-13-10-14-4-2-8-19-9-3-5-15(11-13)17(14)19/h10-11,16,18H,1-9,12H2. The van der Waals surface area contributed by atoms with Crippen LogP contribution in [0.4, 0.5) is 5.69 Å². The maximum Gasteiger partial charge on any atom is 0.0431 e. The molecule has 1 aromatic rings. The van der Waals surface area contributed by atoms with Crippen molar-refractivity contribution in [2.24, 2.45) is 0 Å². The van der Waals surface area contributed by atoms with E-state index in [0.29, 0.717) is 0 Å². The van der Waals surface area contributed by atoms with Crippen molar-refractivity contribution in [1.29, 1.82) is 0 Å². The van der Waals surface area contributed by atoms with Crippen molar-refractivity contribution in [3.05, 3.63) is 28.8 Å². The number of hydrogen-bond acceptors (Lipinski definition) is 2. The molecule has 3 aliphatic rings. The Morgan fingerprint density at radius 1 is 1.05 bits per heavy atom. The molecule has 1 N–H and O–H groups in total. The summed E-state index contributed by atoms with van der Waals surface area (Å²) < 4.78 is 0. The minimum absolute atomic E-state index is 0.730. The Balaban J connectivity index is 1.66. The van der Waals surface area contributed by atoms with E-state index < -0.39 is 0 Å². The van der Waals surface area contributed by atoms with Gasteiger partial charge in [0.05, 0.1) is 0 Å². The Kier molecular flexibility index (Phi) is 2.99. The lowest BCUT2D eigenvalue weighted by Crippen LogP contribution is -2.34. The Morgan fingerprint density at radius 2 is 1.79 bits per heavy atom. The first-order chi connectivity index (χ1) is 9.40. The topological polar surface area (TPSA) is 15.3 Å². The molecule has 0 amide bonds. The second-order valence-corrected chi connectivity index (χ2v) is 6.45. The summed E-state index contributed by atoms with van der Waals surface area (Å²) in [5, 5.41) is 3.63. The summed E-state index contributed by atoms with van der Waals surface area (Å²) in [6, 6.07) is 5.75. The maximum atomic E-state index is 3.63. The van der Waals surface area contributed by atoms with Gasteiger partial charge in [0.1, 0.15) is 0 Å². The molecule has 1 saturated heterocycles. The van der Waals surface area contributed by atoms with Gasteiger partial charge in [-0.15, -0.1) is 0 Å². The summed E-state index contributed by atoms with van der Waals surface area (Å²) in [4.78, 5) is 2.63. The van der Waals surface area contributed by atoms with Crippen LogP contribution < -0.4 is 10.2 Å². The molecule has 1 aromatic carbocycles. The van der Waals surface area contributed by atoms with Crippen molar-refractivity contribution in [2.45, 2.75) is 51.0 Å². The molecule has 0 aromatic heterocycles. The zero-order chi connectivity index (χ0) is 12.7. The molecule has 0 saturated carbocycles. The van der Waals surface area contributed by atoms with Crippen LogP contribution in [0.1, 0.15) is 42.4 Å². The van der Waals surface area contributed by atoms with E-state index in [0.717, 1.165) is 6.04 Å². The molecule has 0 bridgehead atoms. The number of benzene rings is 1. The van der Waals surface area contributed by atoms with E-state index in [-0.39, 0.29) is 0 Å². The number of nitrogens with zero attached hydrogens (tertiary/aromatic N) is 1. The van der Waals surface area contributed by atoms with E-state index >= 15 is 0 Å². The highest BCUT2D eigenvalue weighted by molar-refractivity contribution is 5.64. The monoisotopic (exact) mass is 256 g/mol. The van der Waals surface area contributed by atoms with Gasteiger partial charge < -0.3 is 10.2 Å². The molecule has 19 heavy (non-hydrogen) atoms. The molecule has 1 unspecified atom stereocenters. The zero-order valence-electron chi connectivity index (χ0n) is 11.8. The van der Waals surface area contributed by atoms with Gasteiger partial charge in [-0.3, -0.25) is 0 Å². The SMILES string of the molecule is c1c(CC2CCCN2)cc2c3c1CCCN3CCC2. The number of anilines is 1. The van der Waals surface area contributed by atoms with Crippen LogP contribution in [0, 0.1) is 0 Å². The number of nitrogens with one attached hydrogen (secondary N) is 1. The van der Waals surface area contributed by atoms with Crippen molar-refractivity contribution in [3.8, 4) is 0 Å². The lowest BCUT2D eigenvalue weighted by Gasteiger charge is -2.37. The fourth-order valence-corrected chi connectivity index (χ4v) is 4.21. The van der Waals surface area contributed by atoms with Crippen LogP contribution in [0.25, 0.3) is 0 Å². The summed E-state index contributed by atoms with van der Waals surface area (Å²) in [6.45, 7) is 3.78. The zero-order valence-corrected chi connectivity index (χ0v) is 11.8. The number of aryl methyl sites for hydroxylation is 2. The van der Waals surface area contributed by atoms with Crippen molar-refractivity contribution >= 4 is 5.69 Å². The van der Waals surface area contributed by atoms with Crippen molar-refractivity contribution < 1.29 is 0 Å². The van der Waals surface area contributed by atoms with Crippen LogP contribution in [0.2, 0.25) is 0 Å². The van der Waals surface area contributed by atoms with Gasteiger partial charge in [-0.1, -0.05) is 12.1 Å². The Bertz CT molecular complexity index is 443. The van der Waals surface area contributed by atoms with Crippen LogP contribution in [0.5, 0.6) is 0 Å². The molecule has 1 atom stereocenters. The normalized spacial score (nSPS) is 25.5. The molecule has 3 aliphatic heterocycles. The van der Waals surface area contributed by atoms with Crippen LogP contribution in [0.15, 0.2) is 12.1 Å². The predicted molar refractivity (Wildman–Crippen MR) is 80.0 cm³/mol. The highest BCUT2D eigenvalue weighted by atomic mass is 15.1. The second-order valence-electron chi connectivity index (χ2n) is 6.45. The van der Waals surface area contributed by atoms with E-state index in [2.05, 4.69) is 22.3 Å². The van der Waals surface area contributed by atoms with Crippen LogP contribution in [0.3, 0.4) is 0 Å². The third kappa shape index (κ3) is 2.16. The average Bonchev–Trinajstić information content (AvgIpc) is 2.92.